The number of nitrogens with zero attached hydrogens (tertiary/aromatic N) is 1. The van der Waals surface area contributed by atoms with Crippen molar-refractivity contribution in [2.75, 3.05) is 4.72 Å². The highest BCUT2D eigenvalue weighted by molar-refractivity contribution is 7.93. The molecule has 5 nitrogen and oxygen atoms in total. The Kier molecular flexibility index (Phi) is 5.43. The smallest absolute Gasteiger partial charge is 0.387 e. The number of halogens is 3. The largest absolute Gasteiger partial charge is 0.433 e. The lowest BCUT2D eigenvalue weighted by Gasteiger charge is -2.09. The number of hydrogen-bond acceptors (Lipinski definition) is 5. The Hall–Kier alpha value is -1.45. The monoisotopic (exact) mass is 382 g/mol. The molecule has 0 spiro atoms. The summed E-state index contributed by atoms with van der Waals surface area (Å²) in [6.07, 6.45) is 0. The summed E-state index contributed by atoms with van der Waals surface area (Å²) >= 11 is 6.92. The third-order valence-electron chi connectivity index (χ3n) is 2.76. The molecule has 0 radical (unpaired) electrons. The molecule has 0 unspecified atom stereocenters. The molecular weight excluding hydrogens is 370 g/mol. The Balaban J connectivity index is 2.23. The maximum absolute atomic E-state index is 12.3. The van der Waals surface area contributed by atoms with Crippen LogP contribution in [0.4, 0.5) is 13.9 Å². The zero-order valence-corrected chi connectivity index (χ0v) is 14.5. The number of thiazole rings is 1. The molecule has 2 aromatic rings. The average Bonchev–Trinajstić information content (AvgIpc) is 2.88. The highest BCUT2D eigenvalue weighted by Gasteiger charge is 2.19. The molecule has 1 N–H and O–H groups in total. The van der Waals surface area contributed by atoms with E-state index in [1.165, 1.54) is 0 Å². The molecule has 10 heteroatoms. The Morgan fingerprint density at radius 1 is 1.35 bits per heavy atom. The number of hydrogen-bond donors (Lipinski definition) is 1. The second-order valence-electron chi connectivity index (χ2n) is 4.81. The van der Waals surface area contributed by atoms with Gasteiger partial charge in [0.15, 0.2) is 5.13 Å². The Morgan fingerprint density at radius 2 is 2.04 bits per heavy atom. The van der Waals surface area contributed by atoms with Crippen LogP contribution in [0.15, 0.2) is 28.5 Å². The van der Waals surface area contributed by atoms with Crippen LogP contribution in [0.25, 0.3) is 0 Å². The van der Waals surface area contributed by atoms with Crippen molar-refractivity contribution in [2.24, 2.45) is 0 Å². The van der Waals surface area contributed by atoms with E-state index in [9.17, 15) is 17.2 Å². The minimum atomic E-state index is -3.92. The van der Waals surface area contributed by atoms with Crippen molar-refractivity contribution in [1.82, 2.24) is 4.98 Å². The van der Waals surface area contributed by atoms with Crippen LogP contribution in [-0.2, 0) is 10.0 Å². The quantitative estimate of drug-likeness (QED) is 0.807. The van der Waals surface area contributed by atoms with Crippen molar-refractivity contribution >= 4 is 38.1 Å². The van der Waals surface area contributed by atoms with Crippen LogP contribution < -0.4 is 9.46 Å². The van der Waals surface area contributed by atoms with Crippen molar-refractivity contribution in [2.45, 2.75) is 31.3 Å². The molecule has 0 aliphatic heterocycles. The predicted molar refractivity (Wildman–Crippen MR) is 85.1 cm³/mol. The minimum Gasteiger partial charge on any atom is -0.433 e. The second kappa shape index (κ2) is 6.98. The normalized spacial score (nSPS) is 12.0. The number of alkyl halides is 2. The lowest BCUT2D eigenvalue weighted by molar-refractivity contribution is -0.0498. The summed E-state index contributed by atoms with van der Waals surface area (Å²) in [7, 11) is -3.92. The first-order valence-electron chi connectivity index (χ1n) is 6.41. The number of ether oxygens (including phenoxy) is 1. The summed E-state index contributed by atoms with van der Waals surface area (Å²) in [5, 5.41) is 1.75. The van der Waals surface area contributed by atoms with Gasteiger partial charge in [-0.25, -0.2) is 13.4 Å². The van der Waals surface area contributed by atoms with E-state index in [2.05, 4.69) is 14.4 Å². The van der Waals surface area contributed by atoms with Crippen LogP contribution in [0.2, 0.25) is 5.02 Å². The van der Waals surface area contributed by atoms with Gasteiger partial charge in [0.2, 0.25) is 0 Å². The van der Waals surface area contributed by atoms with Crippen molar-refractivity contribution < 1.29 is 21.9 Å². The van der Waals surface area contributed by atoms with E-state index in [4.69, 9.17) is 11.6 Å². The molecule has 0 saturated carbocycles. The number of benzene rings is 1. The summed E-state index contributed by atoms with van der Waals surface area (Å²) in [6.45, 7) is 0.835. The molecule has 0 fully saturated rings. The lowest BCUT2D eigenvalue weighted by atomic mass is 10.2. The molecule has 0 atom stereocenters. The summed E-state index contributed by atoms with van der Waals surface area (Å²) in [6, 6.07) is 3.24. The van der Waals surface area contributed by atoms with Crippen molar-refractivity contribution in [1.29, 1.82) is 0 Å². The molecule has 126 valence electrons. The highest BCUT2D eigenvalue weighted by Crippen LogP contribution is 2.30. The number of aromatic nitrogens is 1. The van der Waals surface area contributed by atoms with Gasteiger partial charge in [0.1, 0.15) is 5.75 Å². The van der Waals surface area contributed by atoms with Crippen LogP contribution in [0.1, 0.15) is 25.5 Å². The first-order valence-corrected chi connectivity index (χ1v) is 9.15. The highest BCUT2D eigenvalue weighted by atomic mass is 35.5. The van der Waals surface area contributed by atoms with Crippen LogP contribution in [0.5, 0.6) is 5.75 Å². The summed E-state index contributed by atoms with van der Waals surface area (Å²) in [4.78, 5) is 4.00. The number of rotatable bonds is 6. The molecule has 2 rings (SSSR count). The summed E-state index contributed by atoms with van der Waals surface area (Å²) in [5.74, 6) is -0.123. The van der Waals surface area contributed by atoms with Gasteiger partial charge in [-0.15, -0.1) is 11.3 Å². The first kappa shape index (κ1) is 17.9. The van der Waals surface area contributed by atoms with Crippen molar-refractivity contribution in [3.05, 3.63) is 34.3 Å². The fourth-order valence-electron chi connectivity index (χ4n) is 1.61. The Bertz CT molecular complexity index is 794. The van der Waals surface area contributed by atoms with E-state index in [0.717, 1.165) is 35.2 Å². The van der Waals surface area contributed by atoms with Crippen LogP contribution in [0, 0.1) is 0 Å². The molecule has 0 saturated heterocycles. The van der Waals surface area contributed by atoms with Crippen LogP contribution in [0.3, 0.4) is 0 Å². The van der Waals surface area contributed by atoms with Gasteiger partial charge in [-0.05, 0) is 24.1 Å². The zero-order valence-electron chi connectivity index (χ0n) is 12.1. The maximum atomic E-state index is 12.3. The molecule has 23 heavy (non-hydrogen) atoms. The maximum Gasteiger partial charge on any atom is 0.387 e. The molecule has 1 aromatic heterocycles. The molecule has 1 heterocycles. The van der Waals surface area contributed by atoms with Gasteiger partial charge in [-0.1, -0.05) is 25.4 Å². The molecule has 0 aliphatic carbocycles. The molecule has 1 aromatic carbocycles. The van der Waals surface area contributed by atoms with Crippen LogP contribution >= 0.6 is 22.9 Å². The summed E-state index contributed by atoms with van der Waals surface area (Å²) in [5.41, 5.74) is 0.770. The van der Waals surface area contributed by atoms with E-state index >= 15 is 0 Å². The van der Waals surface area contributed by atoms with Gasteiger partial charge in [0, 0.05) is 5.38 Å². The number of nitrogens with one attached hydrogen (secondary N) is 1. The molecular formula is C13H13ClF2N2O3S2. The first-order chi connectivity index (χ1) is 10.7. The van der Waals surface area contributed by atoms with E-state index in [-0.39, 0.29) is 26.7 Å². The molecule has 0 aliphatic rings. The standard InChI is InChI=1S/C13H13ClF2N2O3S2/c1-7(2)10-6-22-13(17-10)18-23(19,20)8-3-4-11(9(14)5-8)21-12(15)16/h3-7,12H,1-2H3,(H,17,18). The van der Waals surface area contributed by atoms with Gasteiger partial charge in [-0.2, -0.15) is 8.78 Å². The topological polar surface area (TPSA) is 68.3 Å². The number of sulfonamides is 1. The van der Waals surface area contributed by atoms with Gasteiger partial charge in [-0.3, -0.25) is 4.72 Å². The SMILES string of the molecule is CC(C)c1csc(NS(=O)(=O)c2ccc(OC(F)F)c(Cl)c2)n1. The molecule has 0 bridgehead atoms. The average molecular weight is 383 g/mol. The predicted octanol–water partition coefficient (Wildman–Crippen LogP) is 4.32. The van der Waals surface area contributed by atoms with Crippen molar-refractivity contribution in [3.63, 3.8) is 0 Å². The van der Waals surface area contributed by atoms with Gasteiger partial charge < -0.3 is 4.74 Å². The van der Waals surface area contributed by atoms with E-state index in [1.54, 1.807) is 5.38 Å². The van der Waals surface area contributed by atoms with Gasteiger partial charge in [0.25, 0.3) is 10.0 Å². The number of anilines is 1. The zero-order chi connectivity index (χ0) is 17.2. The van der Waals surface area contributed by atoms with E-state index in [0.29, 0.717) is 0 Å². The van der Waals surface area contributed by atoms with Gasteiger partial charge in [0.05, 0.1) is 15.6 Å². The Labute approximate surface area is 141 Å². The third kappa shape index (κ3) is 4.52. The van der Waals surface area contributed by atoms with Crippen molar-refractivity contribution in [3.8, 4) is 5.75 Å². The minimum absolute atomic E-state index is 0.171. The molecule has 0 amide bonds. The fourth-order valence-corrected chi connectivity index (χ4v) is 4.05. The van der Waals surface area contributed by atoms with Gasteiger partial charge >= 0.3 is 6.61 Å². The Morgan fingerprint density at radius 3 is 2.57 bits per heavy atom. The summed E-state index contributed by atoms with van der Waals surface area (Å²) < 4.78 is 55.4. The second-order valence-corrected chi connectivity index (χ2v) is 7.76. The van der Waals surface area contributed by atoms with Crippen LogP contribution in [-0.4, -0.2) is 20.0 Å². The third-order valence-corrected chi connectivity index (χ3v) is 5.30. The van der Waals surface area contributed by atoms with E-state index in [1.807, 2.05) is 13.8 Å². The lowest BCUT2D eigenvalue weighted by Crippen LogP contribution is -2.13. The van der Waals surface area contributed by atoms with E-state index < -0.39 is 16.6 Å². The fraction of sp³-hybridized carbons (Fsp3) is 0.308.